The number of piperidine rings is 1. The summed E-state index contributed by atoms with van der Waals surface area (Å²) in [4.78, 5) is 26.0. The van der Waals surface area contributed by atoms with Crippen LogP contribution in [0.2, 0.25) is 0 Å². The Morgan fingerprint density at radius 1 is 1.08 bits per heavy atom. The highest BCUT2D eigenvalue weighted by atomic mass is 16.1. The van der Waals surface area contributed by atoms with Crippen LogP contribution in [0, 0.1) is 13.8 Å². The van der Waals surface area contributed by atoms with E-state index in [1.807, 2.05) is 45.0 Å². The molecule has 2 aromatic rings. The predicted molar refractivity (Wildman–Crippen MR) is 106 cm³/mol. The zero-order valence-corrected chi connectivity index (χ0v) is 16.0. The molecule has 0 atom stereocenters. The van der Waals surface area contributed by atoms with Crippen LogP contribution in [0.15, 0.2) is 24.4 Å². The fourth-order valence-corrected chi connectivity index (χ4v) is 3.34. The van der Waals surface area contributed by atoms with Crippen LogP contribution in [-0.4, -0.2) is 43.1 Å². The Balaban J connectivity index is 1.85. The van der Waals surface area contributed by atoms with Crippen molar-refractivity contribution in [2.24, 2.45) is 0 Å². The largest absolute Gasteiger partial charge is 0.361 e. The van der Waals surface area contributed by atoms with Gasteiger partial charge in [0.25, 0.3) is 5.91 Å². The lowest BCUT2D eigenvalue weighted by molar-refractivity contribution is 0.102. The number of hydrogen-bond donors (Lipinski definition) is 1. The summed E-state index contributed by atoms with van der Waals surface area (Å²) < 4.78 is 0. The third-order valence-electron chi connectivity index (χ3n) is 4.55. The molecule has 3 rings (SSSR count). The first kappa shape index (κ1) is 18.2. The minimum atomic E-state index is -0.144. The number of amides is 1. The van der Waals surface area contributed by atoms with Gasteiger partial charge in [-0.2, -0.15) is 4.98 Å². The Bertz CT molecular complexity index is 777. The van der Waals surface area contributed by atoms with Crippen LogP contribution < -0.4 is 15.1 Å². The van der Waals surface area contributed by atoms with Crippen molar-refractivity contribution in [2.45, 2.75) is 33.1 Å². The van der Waals surface area contributed by atoms with Gasteiger partial charge in [0.2, 0.25) is 5.95 Å². The molecule has 0 saturated carbocycles. The molecule has 0 spiro atoms. The van der Waals surface area contributed by atoms with Gasteiger partial charge in [-0.15, -0.1) is 0 Å². The van der Waals surface area contributed by atoms with Gasteiger partial charge < -0.3 is 15.1 Å². The molecule has 0 radical (unpaired) electrons. The Morgan fingerprint density at radius 3 is 2.35 bits per heavy atom. The predicted octanol–water partition coefficient (Wildman–Crippen LogP) is 3.40. The average Bonchev–Trinajstić information content (AvgIpc) is 2.61. The third-order valence-corrected chi connectivity index (χ3v) is 4.55. The van der Waals surface area contributed by atoms with E-state index in [9.17, 15) is 4.79 Å². The van der Waals surface area contributed by atoms with Gasteiger partial charge in [-0.25, -0.2) is 4.98 Å². The number of carbonyl (C=O) groups is 1. The topological polar surface area (TPSA) is 61.4 Å². The Morgan fingerprint density at radius 2 is 1.73 bits per heavy atom. The van der Waals surface area contributed by atoms with E-state index in [0.717, 1.165) is 36.0 Å². The average molecular weight is 353 g/mol. The maximum atomic E-state index is 12.7. The van der Waals surface area contributed by atoms with Crippen molar-refractivity contribution in [1.82, 2.24) is 9.97 Å². The summed E-state index contributed by atoms with van der Waals surface area (Å²) in [5, 5.41) is 2.97. The van der Waals surface area contributed by atoms with Crippen molar-refractivity contribution < 1.29 is 4.79 Å². The molecule has 1 aliphatic heterocycles. The summed E-state index contributed by atoms with van der Waals surface area (Å²) in [5.74, 6) is 1.31. The van der Waals surface area contributed by atoms with Gasteiger partial charge in [-0.3, -0.25) is 4.79 Å². The molecule has 138 valence electrons. The van der Waals surface area contributed by atoms with E-state index >= 15 is 0 Å². The molecule has 1 aliphatic rings. The highest BCUT2D eigenvalue weighted by molar-refractivity contribution is 6.05. The standard InChI is InChI=1S/C20H27N5O/c1-14-10-15(2)12-16(11-14)19(26)22-17-13-21-20(23-18(17)24(3)4)25-8-6-5-7-9-25/h10-13H,5-9H2,1-4H3,(H,22,26). The normalized spacial score (nSPS) is 14.2. The van der Waals surface area contributed by atoms with Gasteiger partial charge in [0.1, 0.15) is 5.69 Å². The van der Waals surface area contributed by atoms with Crippen LogP contribution in [0.3, 0.4) is 0 Å². The van der Waals surface area contributed by atoms with Crippen LogP contribution in [0.1, 0.15) is 40.7 Å². The number of anilines is 3. The van der Waals surface area contributed by atoms with Crippen molar-refractivity contribution in [2.75, 3.05) is 42.3 Å². The van der Waals surface area contributed by atoms with Gasteiger partial charge in [0.15, 0.2) is 5.82 Å². The van der Waals surface area contributed by atoms with E-state index in [1.165, 1.54) is 19.3 Å². The quantitative estimate of drug-likeness (QED) is 0.913. The van der Waals surface area contributed by atoms with Gasteiger partial charge >= 0.3 is 0 Å². The minimum Gasteiger partial charge on any atom is -0.361 e. The van der Waals surface area contributed by atoms with Gasteiger partial charge in [0.05, 0.1) is 6.20 Å². The van der Waals surface area contributed by atoms with E-state index in [2.05, 4.69) is 21.3 Å². The van der Waals surface area contributed by atoms with Crippen molar-refractivity contribution in [3.63, 3.8) is 0 Å². The number of hydrogen-bond acceptors (Lipinski definition) is 5. The summed E-state index contributed by atoms with van der Waals surface area (Å²) in [5.41, 5.74) is 3.41. The number of rotatable bonds is 4. The van der Waals surface area contributed by atoms with Crippen molar-refractivity contribution in [3.8, 4) is 0 Å². The maximum Gasteiger partial charge on any atom is 0.255 e. The maximum absolute atomic E-state index is 12.7. The fourth-order valence-electron chi connectivity index (χ4n) is 3.34. The summed E-state index contributed by atoms with van der Waals surface area (Å²) >= 11 is 0. The Hall–Kier alpha value is -2.63. The lowest BCUT2D eigenvalue weighted by Gasteiger charge is -2.28. The molecule has 2 heterocycles. The smallest absolute Gasteiger partial charge is 0.255 e. The summed E-state index contributed by atoms with van der Waals surface area (Å²) in [6.45, 7) is 5.96. The van der Waals surface area contributed by atoms with E-state index < -0.39 is 0 Å². The molecule has 0 aliphatic carbocycles. The molecule has 6 nitrogen and oxygen atoms in total. The summed E-state index contributed by atoms with van der Waals surface area (Å²) in [6, 6.07) is 5.83. The Kier molecular flexibility index (Phi) is 5.40. The number of carbonyl (C=O) groups excluding carboxylic acids is 1. The van der Waals surface area contributed by atoms with Gasteiger partial charge in [-0.1, -0.05) is 17.2 Å². The molecule has 1 saturated heterocycles. The SMILES string of the molecule is Cc1cc(C)cc(C(=O)Nc2cnc(N3CCCCC3)nc2N(C)C)c1. The van der Waals surface area contributed by atoms with Crippen molar-refractivity contribution in [1.29, 1.82) is 0 Å². The molecule has 1 amide bonds. The molecule has 1 aromatic carbocycles. The van der Waals surface area contributed by atoms with Crippen LogP contribution in [-0.2, 0) is 0 Å². The van der Waals surface area contributed by atoms with Crippen LogP contribution in [0.25, 0.3) is 0 Å². The van der Waals surface area contributed by atoms with E-state index in [4.69, 9.17) is 4.98 Å². The van der Waals surface area contributed by atoms with Crippen molar-refractivity contribution >= 4 is 23.4 Å². The molecular weight excluding hydrogens is 326 g/mol. The zero-order chi connectivity index (χ0) is 18.7. The van der Waals surface area contributed by atoms with Gasteiger partial charge in [-0.05, 0) is 45.2 Å². The lowest BCUT2D eigenvalue weighted by atomic mass is 10.1. The molecule has 6 heteroatoms. The second kappa shape index (κ2) is 7.72. The number of nitrogens with one attached hydrogen (secondary N) is 1. The molecule has 1 fully saturated rings. The van der Waals surface area contributed by atoms with Crippen LogP contribution >= 0.6 is 0 Å². The minimum absolute atomic E-state index is 0.144. The highest BCUT2D eigenvalue weighted by Crippen LogP contribution is 2.26. The second-order valence-electron chi connectivity index (χ2n) is 7.18. The Labute approximate surface area is 155 Å². The molecule has 0 unspecified atom stereocenters. The van der Waals surface area contributed by atoms with Crippen LogP contribution in [0.5, 0.6) is 0 Å². The van der Waals surface area contributed by atoms with Gasteiger partial charge in [0, 0.05) is 32.7 Å². The molecule has 26 heavy (non-hydrogen) atoms. The first-order chi connectivity index (χ1) is 12.4. The molecule has 1 aromatic heterocycles. The monoisotopic (exact) mass is 353 g/mol. The first-order valence-corrected chi connectivity index (χ1v) is 9.13. The number of aromatic nitrogens is 2. The molecular formula is C20H27N5O. The molecule has 1 N–H and O–H groups in total. The molecule has 0 bridgehead atoms. The summed E-state index contributed by atoms with van der Waals surface area (Å²) in [7, 11) is 3.85. The lowest BCUT2D eigenvalue weighted by Crippen LogP contribution is -2.31. The number of nitrogens with zero attached hydrogens (tertiary/aromatic N) is 4. The second-order valence-corrected chi connectivity index (χ2v) is 7.18. The number of aryl methyl sites for hydroxylation is 2. The number of benzene rings is 1. The van der Waals surface area contributed by atoms with E-state index in [-0.39, 0.29) is 5.91 Å². The first-order valence-electron chi connectivity index (χ1n) is 9.13. The van der Waals surface area contributed by atoms with Crippen molar-refractivity contribution in [3.05, 3.63) is 41.1 Å². The van der Waals surface area contributed by atoms with Crippen LogP contribution in [0.4, 0.5) is 17.5 Å². The van der Waals surface area contributed by atoms with E-state index in [1.54, 1.807) is 6.20 Å². The highest BCUT2D eigenvalue weighted by Gasteiger charge is 2.18. The summed E-state index contributed by atoms with van der Waals surface area (Å²) in [6.07, 6.45) is 5.33. The fraction of sp³-hybridized carbons (Fsp3) is 0.450. The zero-order valence-electron chi connectivity index (χ0n) is 16.0. The van der Waals surface area contributed by atoms with E-state index in [0.29, 0.717) is 11.3 Å². The third kappa shape index (κ3) is 4.12.